The Kier molecular flexibility index (Phi) is 13.1. The smallest absolute Gasteiger partial charge is 0.490 e. The third-order valence-electron chi connectivity index (χ3n) is 14.4. The van der Waals surface area contributed by atoms with Crippen LogP contribution in [0.15, 0.2) is 36.4 Å². The van der Waals surface area contributed by atoms with E-state index in [0.29, 0.717) is 83.5 Å². The van der Waals surface area contributed by atoms with Crippen molar-refractivity contribution in [2.75, 3.05) is 91.6 Å². The summed E-state index contributed by atoms with van der Waals surface area (Å²) in [5.41, 5.74) is 3.65. The van der Waals surface area contributed by atoms with Crippen molar-refractivity contribution in [1.82, 2.24) is 29.1 Å². The van der Waals surface area contributed by atoms with Crippen molar-refractivity contribution in [2.24, 2.45) is 5.92 Å². The van der Waals surface area contributed by atoms with E-state index in [1.165, 1.54) is 12.8 Å². The molecule has 354 valence electrons. The highest BCUT2D eigenvalue weighted by Crippen LogP contribution is 2.69. The van der Waals surface area contributed by atoms with Gasteiger partial charge in [0, 0.05) is 94.4 Å². The minimum absolute atomic E-state index is 0.0540. The average Bonchev–Trinajstić information content (AvgIpc) is 3.91. The Morgan fingerprint density at radius 2 is 1.31 bits per heavy atom. The summed E-state index contributed by atoms with van der Waals surface area (Å²) in [6, 6.07) is 12.1. The molecule has 1 aromatic heterocycles. The maximum absolute atomic E-state index is 13.4. The van der Waals surface area contributed by atoms with Crippen molar-refractivity contribution in [1.29, 1.82) is 0 Å². The van der Waals surface area contributed by atoms with Gasteiger partial charge in [-0.1, -0.05) is 24.3 Å². The van der Waals surface area contributed by atoms with E-state index in [9.17, 15) is 53.1 Å². The topological polar surface area (TPSA) is 220 Å². The Balaban J connectivity index is 0.000000763. The van der Waals surface area contributed by atoms with Crippen LogP contribution in [0.2, 0.25) is 0 Å². The van der Waals surface area contributed by atoms with E-state index in [1.54, 1.807) is 11.0 Å². The summed E-state index contributed by atoms with van der Waals surface area (Å²) >= 11 is 0. The zero-order chi connectivity index (χ0) is 46.4. The number of aromatic nitrogens is 1. The van der Waals surface area contributed by atoms with Crippen LogP contribution >= 0.6 is 0 Å². The molecular formula is C45H57F3N6O11. The molecule has 0 radical (unpaired) electrons. The van der Waals surface area contributed by atoms with Crippen LogP contribution in [0, 0.1) is 5.92 Å². The Hall–Kier alpha value is -4.99. The standard InChI is InChI=1S/C43H56N6O9.C2HF3O2/c50-33-9-8-29-22-34-43(57)23-31-30-4-1-2-5-32(30)49(39(31)41-42(43,38(29)40(33)58-41)10-13-48(34)24-28-6-7-28)12-3-11-44-14-16-45(25-35(51)52)18-20-47(27-37(55)56)21-19-46(17-15-44)26-36(53)54;3-2(4,5)1(6)7/h1-2,4-5,8-9,28,34,41,50,57H,3,6-7,10-27H2,(H,51,52)(H,53,54)(H,55,56);(H,6,7)/t34-,41+,42+,43-;/m1./s1. The van der Waals surface area contributed by atoms with E-state index < -0.39 is 47.2 Å². The van der Waals surface area contributed by atoms with Gasteiger partial charge in [0.15, 0.2) is 17.6 Å². The molecule has 4 atom stereocenters. The van der Waals surface area contributed by atoms with Gasteiger partial charge in [0.1, 0.15) is 0 Å². The van der Waals surface area contributed by atoms with Gasteiger partial charge in [-0.2, -0.15) is 13.2 Å². The fraction of sp³-hybridized carbons (Fsp3) is 0.600. The largest absolute Gasteiger partial charge is 0.504 e. The second-order valence-electron chi connectivity index (χ2n) is 18.5. The third kappa shape index (κ3) is 9.25. The van der Waals surface area contributed by atoms with Gasteiger partial charge in [-0.05, 0) is 74.4 Å². The van der Waals surface area contributed by atoms with Crippen LogP contribution in [0.1, 0.15) is 54.2 Å². The highest BCUT2D eigenvalue weighted by molar-refractivity contribution is 5.87. The first-order valence-corrected chi connectivity index (χ1v) is 22.3. The van der Waals surface area contributed by atoms with E-state index in [4.69, 9.17) is 14.6 Å². The number of aliphatic hydroxyl groups is 1. The number of carboxylic acid groups (broad SMARTS) is 4. The number of phenolic OH excluding ortho intramolecular Hbond substituents is 1. The predicted octanol–water partition coefficient (Wildman–Crippen LogP) is 2.54. The number of benzene rings is 2. The molecule has 9 rings (SSSR count). The average molecular weight is 915 g/mol. The summed E-state index contributed by atoms with van der Waals surface area (Å²) < 4.78 is 41.1. The number of carbonyl (C=O) groups is 4. The van der Waals surface area contributed by atoms with Crippen LogP contribution in [0.3, 0.4) is 0 Å². The molecule has 17 nitrogen and oxygen atoms in total. The van der Waals surface area contributed by atoms with Gasteiger partial charge in [-0.25, -0.2) is 4.79 Å². The van der Waals surface area contributed by atoms with Gasteiger partial charge in [0.2, 0.25) is 0 Å². The quantitative estimate of drug-likeness (QED) is 0.154. The molecule has 20 heteroatoms. The van der Waals surface area contributed by atoms with Crippen molar-refractivity contribution < 1.29 is 67.7 Å². The van der Waals surface area contributed by atoms with Crippen molar-refractivity contribution in [3.63, 3.8) is 0 Å². The van der Waals surface area contributed by atoms with Crippen molar-refractivity contribution in [3.05, 3.63) is 58.8 Å². The number of halogens is 3. The maximum atomic E-state index is 13.4. The van der Waals surface area contributed by atoms with Crippen LogP contribution in [-0.2, 0) is 44.0 Å². The first kappa shape index (κ1) is 46.5. The van der Waals surface area contributed by atoms with Crippen molar-refractivity contribution in [2.45, 2.75) is 74.4 Å². The third-order valence-corrected chi connectivity index (χ3v) is 14.4. The number of alkyl halides is 3. The SMILES string of the molecule is O=C(O)C(F)(F)F.O=C(O)CN1CCN(CCCn2c3c(c4ccccc42)C[C@@]2(O)[C@H]4Cc5ccc(O)c6c5[C@@]2(CCN4CC2CC2)[C@H]3O6)CCN(CC(=O)O)CCN(CC(=O)O)CC1. The Morgan fingerprint density at radius 3 is 1.85 bits per heavy atom. The van der Waals surface area contributed by atoms with E-state index in [-0.39, 0.29) is 31.4 Å². The number of para-hydroxylation sites is 1. The fourth-order valence-electron chi connectivity index (χ4n) is 11.3. The number of hydrogen-bond donors (Lipinski definition) is 6. The number of carboxylic acids is 4. The minimum Gasteiger partial charge on any atom is -0.504 e. The molecule has 3 fully saturated rings. The molecule has 6 N–H and O–H groups in total. The van der Waals surface area contributed by atoms with Gasteiger partial charge in [0.25, 0.3) is 0 Å². The number of phenols is 1. The molecule has 3 aliphatic heterocycles. The molecule has 1 saturated carbocycles. The summed E-state index contributed by atoms with van der Waals surface area (Å²) in [5, 5.41) is 61.8. The molecule has 4 heterocycles. The predicted molar refractivity (Wildman–Crippen MR) is 227 cm³/mol. The Morgan fingerprint density at radius 1 is 0.754 bits per heavy atom. The summed E-state index contributed by atoms with van der Waals surface area (Å²) in [5.74, 6) is -4.30. The molecule has 65 heavy (non-hydrogen) atoms. The summed E-state index contributed by atoms with van der Waals surface area (Å²) in [4.78, 5) is 54.5. The summed E-state index contributed by atoms with van der Waals surface area (Å²) in [6.07, 6.45) is -0.345. The Labute approximate surface area is 373 Å². The molecule has 6 aliphatic rings. The van der Waals surface area contributed by atoms with E-state index in [0.717, 1.165) is 65.6 Å². The lowest BCUT2D eigenvalue weighted by Crippen LogP contribution is -2.74. The van der Waals surface area contributed by atoms with Gasteiger partial charge in [-0.3, -0.25) is 34.0 Å². The number of likely N-dealkylation sites (tertiary alicyclic amines) is 1. The monoisotopic (exact) mass is 914 g/mol. The minimum atomic E-state index is -5.08. The molecule has 3 aromatic rings. The van der Waals surface area contributed by atoms with Gasteiger partial charge >= 0.3 is 30.1 Å². The van der Waals surface area contributed by atoms with Crippen LogP contribution in [0.5, 0.6) is 11.5 Å². The maximum Gasteiger partial charge on any atom is 0.490 e. The van der Waals surface area contributed by atoms with E-state index in [1.807, 2.05) is 15.9 Å². The number of rotatable bonds is 12. The number of hydrogen-bond acceptors (Lipinski definition) is 12. The molecule has 2 bridgehead atoms. The zero-order valence-electron chi connectivity index (χ0n) is 36.1. The number of nitrogens with zero attached hydrogens (tertiary/aromatic N) is 6. The van der Waals surface area contributed by atoms with Crippen LogP contribution in [0.25, 0.3) is 10.9 Å². The number of aliphatic carboxylic acids is 4. The molecule has 2 aromatic carbocycles. The second-order valence-corrected chi connectivity index (χ2v) is 18.5. The molecule has 1 spiro atoms. The normalized spacial score (nSPS) is 26.5. The van der Waals surface area contributed by atoms with Crippen molar-refractivity contribution >= 4 is 34.8 Å². The fourth-order valence-corrected chi connectivity index (χ4v) is 11.3. The zero-order valence-corrected chi connectivity index (χ0v) is 36.1. The number of ether oxygens (including phenoxy) is 1. The lowest BCUT2D eigenvalue weighted by Gasteiger charge is -2.63. The lowest BCUT2D eigenvalue weighted by atomic mass is 9.49. The summed E-state index contributed by atoms with van der Waals surface area (Å²) in [7, 11) is 0. The molecule has 2 saturated heterocycles. The summed E-state index contributed by atoms with van der Waals surface area (Å²) in [6.45, 7) is 6.23. The van der Waals surface area contributed by atoms with Crippen LogP contribution in [-0.4, -0.2) is 193 Å². The lowest BCUT2D eigenvalue weighted by molar-refractivity contribution is -0.192. The first-order valence-electron chi connectivity index (χ1n) is 22.3. The molecule has 0 amide bonds. The van der Waals surface area contributed by atoms with Gasteiger partial charge in [-0.15, -0.1) is 0 Å². The highest BCUT2D eigenvalue weighted by atomic mass is 19.4. The number of aryl methyl sites for hydroxylation is 1. The second kappa shape index (κ2) is 18.4. The van der Waals surface area contributed by atoms with E-state index >= 15 is 0 Å². The van der Waals surface area contributed by atoms with Crippen LogP contribution < -0.4 is 4.74 Å². The molecular weight excluding hydrogens is 858 g/mol. The van der Waals surface area contributed by atoms with Crippen molar-refractivity contribution in [3.8, 4) is 11.5 Å². The molecule has 0 unspecified atom stereocenters. The number of fused-ring (bicyclic) bond motifs is 4. The van der Waals surface area contributed by atoms with Gasteiger partial charge in [0.05, 0.1) is 36.3 Å². The first-order chi connectivity index (χ1) is 30.9. The number of aromatic hydroxyl groups is 1. The van der Waals surface area contributed by atoms with E-state index in [2.05, 4.69) is 38.6 Å². The Bertz CT molecular complexity index is 2270. The molecule has 3 aliphatic carbocycles. The highest BCUT2D eigenvalue weighted by Gasteiger charge is 2.73. The van der Waals surface area contributed by atoms with Gasteiger partial charge < -0.3 is 44.8 Å². The van der Waals surface area contributed by atoms with Crippen LogP contribution in [0.4, 0.5) is 13.2 Å². The number of piperidine rings is 1.